The van der Waals surface area contributed by atoms with E-state index in [2.05, 4.69) is 22.1 Å². The van der Waals surface area contributed by atoms with Crippen LogP contribution in [-0.4, -0.2) is 50.8 Å². The average Bonchev–Trinajstić information content (AvgIpc) is 2.65. The molecule has 7 heteroatoms. The molecule has 1 aromatic heterocycles. The van der Waals surface area contributed by atoms with E-state index >= 15 is 0 Å². The molecule has 1 aliphatic rings. The normalized spacial score (nSPS) is 19.6. The molecule has 0 bridgehead atoms. The first-order valence-corrected chi connectivity index (χ1v) is 7.55. The van der Waals surface area contributed by atoms with E-state index in [-0.39, 0.29) is 23.5 Å². The smallest absolute Gasteiger partial charge is 0.340 e. The molecule has 2 atom stereocenters. The third kappa shape index (κ3) is 4.24. The van der Waals surface area contributed by atoms with Gasteiger partial charge in [0.2, 0.25) is 5.88 Å². The number of hydrogen-bond donors (Lipinski definition) is 1. The van der Waals surface area contributed by atoms with Gasteiger partial charge in [-0.2, -0.15) is 0 Å². The van der Waals surface area contributed by atoms with Crippen LogP contribution in [0.3, 0.4) is 0 Å². The summed E-state index contributed by atoms with van der Waals surface area (Å²) in [7, 11) is 4.18. The number of carbonyl (C=O) groups excluding carboxylic acids is 2. The Morgan fingerprint density at radius 3 is 2.58 bits per heavy atom. The van der Waals surface area contributed by atoms with Gasteiger partial charge in [-0.15, -0.1) is 0 Å². The van der Waals surface area contributed by atoms with Crippen molar-refractivity contribution >= 4 is 11.9 Å². The molecular formula is C17H20N2O5. The summed E-state index contributed by atoms with van der Waals surface area (Å²) >= 11 is 0. The van der Waals surface area contributed by atoms with Crippen molar-refractivity contribution in [1.82, 2.24) is 10.3 Å². The molecule has 0 radical (unpaired) electrons. The van der Waals surface area contributed by atoms with Crippen LogP contribution in [0.1, 0.15) is 28.9 Å². The molecule has 2 heterocycles. The molecular weight excluding hydrogens is 312 g/mol. The van der Waals surface area contributed by atoms with Gasteiger partial charge in [-0.05, 0) is 24.8 Å². The second-order valence-electron chi connectivity index (χ2n) is 5.27. The van der Waals surface area contributed by atoms with Gasteiger partial charge >= 0.3 is 11.9 Å². The van der Waals surface area contributed by atoms with E-state index in [1.807, 2.05) is 0 Å². The number of rotatable bonds is 3. The molecule has 2 unspecified atom stereocenters. The van der Waals surface area contributed by atoms with Crippen LogP contribution in [0.5, 0.6) is 5.88 Å². The molecule has 1 N–H and O–H groups in total. The Hall–Kier alpha value is -2.59. The van der Waals surface area contributed by atoms with E-state index < -0.39 is 5.97 Å². The van der Waals surface area contributed by atoms with Gasteiger partial charge in [0.25, 0.3) is 0 Å². The lowest BCUT2D eigenvalue weighted by Crippen LogP contribution is -2.41. The fourth-order valence-electron chi connectivity index (χ4n) is 2.43. The molecule has 0 spiro atoms. The van der Waals surface area contributed by atoms with E-state index in [0.29, 0.717) is 31.0 Å². The van der Waals surface area contributed by atoms with E-state index in [9.17, 15) is 9.59 Å². The molecule has 7 nitrogen and oxygen atoms in total. The Morgan fingerprint density at radius 1 is 1.21 bits per heavy atom. The molecule has 24 heavy (non-hydrogen) atoms. The highest BCUT2D eigenvalue weighted by molar-refractivity contribution is 5.91. The minimum absolute atomic E-state index is 0.0793. The second-order valence-corrected chi connectivity index (χ2v) is 5.27. The molecule has 1 aliphatic heterocycles. The molecule has 0 aromatic carbocycles. The number of methoxy groups -OCH3 is 3. The number of ether oxygens (including phenoxy) is 3. The minimum Gasteiger partial charge on any atom is -0.481 e. The number of hydrogen-bond acceptors (Lipinski definition) is 7. The van der Waals surface area contributed by atoms with E-state index in [1.54, 1.807) is 12.1 Å². The largest absolute Gasteiger partial charge is 0.481 e. The maximum Gasteiger partial charge on any atom is 0.340 e. The standard InChI is InChI=1S/C17H20N2O5/c1-22-15-9-7-13(17(21)24-3)14(19-15)8-6-12-5-4-11(10-18-12)16(20)23-2/h7,9,11-12,18H,4-5,10H2,1-3H3. The van der Waals surface area contributed by atoms with Crippen molar-refractivity contribution in [3.05, 3.63) is 23.4 Å². The van der Waals surface area contributed by atoms with Gasteiger partial charge in [0.05, 0.1) is 38.9 Å². The number of esters is 2. The van der Waals surface area contributed by atoms with Crippen molar-refractivity contribution in [2.24, 2.45) is 5.92 Å². The van der Waals surface area contributed by atoms with Gasteiger partial charge < -0.3 is 19.5 Å². The van der Waals surface area contributed by atoms with Crippen LogP contribution >= 0.6 is 0 Å². The van der Waals surface area contributed by atoms with Gasteiger partial charge in [0.15, 0.2) is 0 Å². The second kappa shape index (κ2) is 8.31. The topological polar surface area (TPSA) is 86.8 Å². The molecule has 128 valence electrons. The Kier molecular flexibility index (Phi) is 6.15. The van der Waals surface area contributed by atoms with Gasteiger partial charge in [-0.1, -0.05) is 5.92 Å². The summed E-state index contributed by atoms with van der Waals surface area (Å²) < 4.78 is 14.6. The Morgan fingerprint density at radius 2 is 2.00 bits per heavy atom. The molecule has 1 fully saturated rings. The van der Waals surface area contributed by atoms with Crippen molar-refractivity contribution in [1.29, 1.82) is 0 Å². The summed E-state index contributed by atoms with van der Waals surface area (Å²) in [5, 5.41) is 3.20. The van der Waals surface area contributed by atoms with Crippen LogP contribution in [0.2, 0.25) is 0 Å². The summed E-state index contributed by atoms with van der Waals surface area (Å²) in [6, 6.07) is 3.07. The fourth-order valence-corrected chi connectivity index (χ4v) is 2.43. The third-order valence-corrected chi connectivity index (χ3v) is 3.80. The highest BCUT2D eigenvalue weighted by Gasteiger charge is 2.25. The number of nitrogens with zero attached hydrogens (tertiary/aromatic N) is 1. The number of carbonyl (C=O) groups is 2. The minimum atomic E-state index is -0.503. The van der Waals surface area contributed by atoms with Crippen molar-refractivity contribution in [3.8, 4) is 17.7 Å². The van der Waals surface area contributed by atoms with Crippen LogP contribution in [0.4, 0.5) is 0 Å². The monoisotopic (exact) mass is 332 g/mol. The summed E-state index contributed by atoms with van der Waals surface area (Å²) in [5.74, 6) is 5.47. The lowest BCUT2D eigenvalue weighted by molar-refractivity contribution is -0.146. The lowest BCUT2D eigenvalue weighted by atomic mass is 9.95. The quantitative estimate of drug-likeness (QED) is 0.646. The zero-order valence-corrected chi connectivity index (χ0v) is 13.9. The van der Waals surface area contributed by atoms with Crippen LogP contribution in [0.15, 0.2) is 12.1 Å². The van der Waals surface area contributed by atoms with Crippen LogP contribution in [0, 0.1) is 17.8 Å². The molecule has 0 amide bonds. The van der Waals surface area contributed by atoms with Gasteiger partial charge in [-0.25, -0.2) is 9.78 Å². The Labute approximate surface area is 140 Å². The van der Waals surface area contributed by atoms with Crippen molar-refractivity contribution in [2.45, 2.75) is 18.9 Å². The first-order chi connectivity index (χ1) is 11.6. The van der Waals surface area contributed by atoms with Crippen molar-refractivity contribution in [3.63, 3.8) is 0 Å². The molecule has 1 aromatic rings. The Bertz CT molecular complexity index is 669. The van der Waals surface area contributed by atoms with Crippen LogP contribution < -0.4 is 10.1 Å². The first-order valence-electron chi connectivity index (χ1n) is 7.55. The predicted molar refractivity (Wildman–Crippen MR) is 85.5 cm³/mol. The number of pyridine rings is 1. The highest BCUT2D eigenvalue weighted by atomic mass is 16.5. The Balaban J connectivity index is 2.13. The number of piperidine rings is 1. The first kappa shape index (κ1) is 17.8. The summed E-state index contributed by atoms with van der Waals surface area (Å²) in [6.07, 6.45) is 1.42. The summed E-state index contributed by atoms with van der Waals surface area (Å²) in [5.41, 5.74) is 0.590. The van der Waals surface area contributed by atoms with E-state index in [4.69, 9.17) is 14.2 Å². The molecule has 0 aliphatic carbocycles. The average molecular weight is 332 g/mol. The molecule has 0 saturated carbocycles. The van der Waals surface area contributed by atoms with Crippen molar-refractivity contribution < 1.29 is 23.8 Å². The van der Waals surface area contributed by atoms with Gasteiger partial charge in [0, 0.05) is 12.6 Å². The van der Waals surface area contributed by atoms with Gasteiger partial charge in [-0.3, -0.25) is 4.79 Å². The van der Waals surface area contributed by atoms with Crippen molar-refractivity contribution in [2.75, 3.05) is 27.9 Å². The summed E-state index contributed by atoms with van der Waals surface area (Å²) in [4.78, 5) is 27.5. The SMILES string of the molecule is COC(=O)c1ccc(OC)nc1C#CC1CCC(C(=O)OC)CN1. The fraction of sp³-hybridized carbons (Fsp3) is 0.471. The maximum absolute atomic E-state index is 11.8. The molecule has 1 saturated heterocycles. The number of nitrogens with one attached hydrogen (secondary N) is 1. The van der Waals surface area contributed by atoms with E-state index in [1.165, 1.54) is 21.3 Å². The predicted octanol–water partition coefficient (Wildman–Crippen LogP) is 0.769. The third-order valence-electron chi connectivity index (χ3n) is 3.80. The summed E-state index contributed by atoms with van der Waals surface area (Å²) in [6.45, 7) is 0.515. The molecule has 2 rings (SSSR count). The zero-order chi connectivity index (χ0) is 17.5. The lowest BCUT2D eigenvalue weighted by Gasteiger charge is -2.25. The maximum atomic E-state index is 11.8. The van der Waals surface area contributed by atoms with E-state index in [0.717, 1.165) is 0 Å². The van der Waals surface area contributed by atoms with Crippen LogP contribution in [-0.2, 0) is 14.3 Å². The van der Waals surface area contributed by atoms with Crippen LogP contribution in [0.25, 0.3) is 0 Å². The zero-order valence-electron chi connectivity index (χ0n) is 13.9. The van der Waals surface area contributed by atoms with Gasteiger partial charge in [0.1, 0.15) is 5.69 Å². The highest BCUT2D eigenvalue weighted by Crippen LogP contribution is 2.16. The number of aromatic nitrogens is 1.